The van der Waals surface area contributed by atoms with Gasteiger partial charge in [-0.05, 0) is 39.2 Å². The first-order valence-corrected chi connectivity index (χ1v) is 7.14. The lowest BCUT2D eigenvalue weighted by atomic mass is 9.78. The molecule has 9 heteroatoms. The van der Waals surface area contributed by atoms with E-state index in [1.54, 1.807) is 0 Å². The first-order chi connectivity index (χ1) is 9.84. The molecular formula is C13H18BClF3NO3. The SMILES string of the molecule is CC1(C)OB(C2=CNC(Cl)(OCC(F)(F)F)C=C2)OC1(C)C. The van der Waals surface area contributed by atoms with Crippen LogP contribution in [-0.4, -0.2) is 36.3 Å². The molecule has 1 saturated heterocycles. The van der Waals surface area contributed by atoms with E-state index >= 15 is 0 Å². The summed E-state index contributed by atoms with van der Waals surface area (Å²) in [6.45, 7) is 6.18. The van der Waals surface area contributed by atoms with Gasteiger partial charge in [-0.1, -0.05) is 17.7 Å². The summed E-state index contributed by atoms with van der Waals surface area (Å²) < 4.78 is 52.9. The number of halogens is 4. The van der Waals surface area contributed by atoms with E-state index in [1.165, 1.54) is 18.4 Å². The van der Waals surface area contributed by atoms with Crippen LogP contribution in [0.4, 0.5) is 13.2 Å². The molecule has 22 heavy (non-hydrogen) atoms. The van der Waals surface area contributed by atoms with Crippen LogP contribution in [-0.2, 0) is 14.0 Å². The number of alkyl halides is 4. The summed E-state index contributed by atoms with van der Waals surface area (Å²) in [5.74, 6) is 0. The summed E-state index contributed by atoms with van der Waals surface area (Å²) in [5, 5.41) is 0.851. The monoisotopic (exact) mass is 339 g/mol. The molecular weight excluding hydrogens is 321 g/mol. The number of nitrogens with one attached hydrogen (secondary N) is 1. The second kappa shape index (κ2) is 5.44. The van der Waals surface area contributed by atoms with Crippen molar-refractivity contribution in [2.45, 2.75) is 50.3 Å². The molecule has 0 aromatic carbocycles. The van der Waals surface area contributed by atoms with Gasteiger partial charge in [-0.3, -0.25) is 0 Å². The van der Waals surface area contributed by atoms with E-state index in [2.05, 4.69) is 10.1 Å². The zero-order chi connectivity index (χ0) is 16.8. The lowest BCUT2D eigenvalue weighted by Gasteiger charge is -2.32. The Labute approximate surface area is 132 Å². The van der Waals surface area contributed by atoms with Gasteiger partial charge in [-0.2, -0.15) is 13.2 Å². The number of ether oxygens (including phenoxy) is 1. The average molecular weight is 340 g/mol. The van der Waals surface area contributed by atoms with E-state index in [9.17, 15) is 13.2 Å². The zero-order valence-corrected chi connectivity index (χ0v) is 13.5. The maximum Gasteiger partial charge on any atom is 0.496 e. The van der Waals surface area contributed by atoms with Crippen LogP contribution >= 0.6 is 11.6 Å². The predicted molar refractivity (Wildman–Crippen MR) is 77.0 cm³/mol. The smallest absolute Gasteiger partial charge is 0.399 e. The Balaban J connectivity index is 2.00. The van der Waals surface area contributed by atoms with E-state index in [0.29, 0.717) is 5.47 Å². The molecule has 1 unspecified atom stereocenters. The van der Waals surface area contributed by atoms with Gasteiger partial charge in [-0.15, -0.1) is 0 Å². The van der Waals surface area contributed by atoms with Crippen molar-refractivity contribution in [3.8, 4) is 0 Å². The molecule has 0 radical (unpaired) electrons. The highest BCUT2D eigenvalue weighted by molar-refractivity contribution is 6.55. The lowest BCUT2D eigenvalue weighted by Crippen LogP contribution is -2.42. The fourth-order valence-electron chi connectivity index (χ4n) is 1.88. The van der Waals surface area contributed by atoms with Gasteiger partial charge < -0.3 is 19.4 Å². The number of hydrogen-bond acceptors (Lipinski definition) is 4. The van der Waals surface area contributed by atoms with E-state index in [0.717, 1.165) is 0 Å². The van der Waals surface area contributed by atoms with Crippen molar-refractivity contribution in [3.05, 3.63) is 23.8 Å². The second-order valence-corrected chi connectivity index (χ2v) is 6.82. The van der Waals surface area contributed by atoms with Crippen molar-refractivity contribution in [2.75, 3.05) is 6.61 Å². The van der Waals surface area contributed by atoms with Crippen LogP contribution in [0.25, 0.3) is 0 Å². The fourth-order valence-corrected chi connectivity index (χ4v) is 2.06. The van der Waals surface area contributed by atoms with Crippen molar-refractivity contribution in [1.82, 2.24) is 5.32 Å². The van der Waals surface area contributed by atoms with Crippen molar-refractivity contribution in [3.63, 3.8) is 0 Å². The van der Waals surface area contributed by atoms with Gasteiger partial charge in [0.1, 0.15) is 6.61 Å². The van der Waals surface area contributed by atoms with Gasteiger partial charge in [0.2, 0.25) is 5.18 Å². The number of rotatable bonds is 3. The van der Waals surface area contributed by atoms with E-state index < -0.39 is 36.3 Å². The van der Waals surface area contributed by atoms with Gasteiger partial charge in [0, 0.05) is 6.20 Å². The Bertz CT molecular complexity index is 491. The third kappa shape index (κ3) is 3.79. The molecule has 124 valence electrons. The standard InChI is InChI=1S/C13H18BClF3NO3/c1-10(2)11(3,4)22-14(21-10)9-5-6-12(15,19-7-9)20-8-13(16,17)18/h5-7,19H,8H2,1-4H3. The van der Waals surface area contributed by atoms with Crippen LogP contribution in [0.5, 0.6) is 0 Å². The van der Waals surface area contributed by atoms with Crippen LogP contribution in [0.1, 0.15) is 27.7 Å². The molecule has 1 N–H and O–H groups in total. The summed E-state index contributed by atoms with van der Waals surface area (Å²) in [5.41, 5.74) is -0.394. The largest absolute Gasteiger partial charge is 0.496 e. The van der Waals surface area contributed by atoms with Crippen LogP contribution in [0.15, 0.2) is 23.8 Å². The minimum atomic E-state index is -4.45. The molecule has 0 bridgehead atoms. The summed E-state index contributed by atoms with van der Waals surface area (Å²) in [4.78, 5) is 0. The maximum atomic E-state index is 12.2. The van der Waals surface area contributed by atoms with E-state index in [1.807, 2.05) is 27.7 Å². The molecule has 2 aliphatic heterocycles. The van der Waals surface area contributed by atoms with E-state index in [-0.39, 0.29) is 0 Å². The predicted octanol–water partition coefficient (Wildman–Crippen LogP) is 3.13. The highest BCUT2D eigenvalue weighted by Crippen LogP contribution is 2.39. The Morgan fingerprint density at radius 2 is 1.77 bits per heavy atom. The Hall–Kier alpha value is -0.695. The first-order valence-electron chi connectivity index (χ1n) is 6.76. The van der Waals surface area contributed by atoms with Crippen molar-refractivity contribution >= 4 is 18.7 Å². The zero-order valence-electron chi connectivity index (χ0n) is 12.8. The van der Waals surface area contributed by atoms with Crippen molar-refractivity contribution in [2.24, 2.45) is 0 Å². The molecule has 0 spiro atoms. The molecule has 0 amide bonds. The van der Waals surface area contributed by atoms with Gasteiger partial charge >= 0.3 is 13.3 Å². The maximum absolute atomic E-state index is 12.2. The number of allylic oxidation sites excluding steroid dienone is 2. The molecule has 4 nitrogen and oxygen atoms in total. The minimum absolute atomic E-state index is 0.505. The molecule has 2 aliphatic rings. The van der Waals surface area contributed by atoms with Crippen LogP contribution in [0.2, 0.25) is 0 Å². The molecule has 1 fully saturated rings. The Morgan fingerprint density at radius 3 is 2.18 bits per heavy atom. The fraction of sp³-hybridized carbons (Fsp3) is 0.692. The second-order valence-electron chi connectivity index (χ2n) is 6.26. The molecule has 0 aliphatic carbocycles. The molecule has 2 heterocycles. The van der Waals surface area contributed by atoms with Crippen LogP contribution < -0.4 is 5.32 Å². The van der Waals surface area contributed by atoms with Gasteiger partial charge in [0.05, 0.1) is 11.2 Å². The van der Waals surface area contributed by atoms with Crippen LogP contribution in [0, 0.1) is 0 Å². The lowest BCUT2D eigenvalue weighted by molar-refractivity contribution is -0.188. The third-order valence-electron chi connectivity index (χ3n) is 3.90. The summed E-state index contributed by atoms with van der Waals surface area (Å²) in [6.07, 6.45) is -0.193. The summed E-state index contributed by atoms with van der Waals surface area (Å²) >= 11 is 5.92. The van der Waals surface area contributed by atoms with E-state index in [4.69, 9.17) is 20.9 Å². The highest BCUT2D eigenvalue weighted by Gasteiger charge is 2.52. The summed E-state index contributed by atoms with van der Waals surface area (Å²) in [7, 11) is -0.627. The van der Waals surface area contributed by atoms with Gasteiger partial charge in [0.25, 0.3) is 0 Å². The third-order valence-corrected chi connectivity index (χ3v) is 4.24. The molecule has 1 atom stereocenters. The van der Waals surface area contributed by atoms with Crippen LogP contribution in [0.3, 0.4) is 0 Å². The molecule has 2 rings (SSSR count). The van der Waals surface area contributed by atoms with Crippen molar-refractivity contribution in [1.29, 1.82) is 0 Å². The minimum Gasteiger partial charge on any atom is -0.399 e. The Morgan fingerprint density at radius 1 is 1.23 bits per heavy atom. The Kier molecular flexibility index (Phi) is 4.36. The summed E-state index contributed by atoms with van der Waals surface area (Å²) in [6, 6.07) is 0. The van der Waals surface area contributed by atoms with Crippen molar-refractivity contribution < 1.29 is 27.2 Å². The molecule has 0 aromatic rings. The quantitative estimate of drug-likeness (QED) is 0.487. The highest BCUT2D eigenvalue weighted by atomic mass is 35.5. The van der Waals surface area contributed by atoms with Gasteiger partial charge in [-0.25, -0.2) is 0 Å². The first kappa shape index (κ1) is 17.7. The molecule has 0 saturated carbocycles. The van der Waals surface area contributed by atoms with Gasteiger partial charge in [0.15, 0.2) is 0 Å². The number of dihydropyridines is 1. The normalized spacial score (nSPS) is 30.2. The topological polar surface area (TPSA) is 39.7 Å². The molecule has 0 aromatic heterocycles. The number of hydrogen-bond donors (Lipinski definition) is 1. The average Bonchev–Trinajstić information content (AvgIpc) is 2.56.